The van der Waals surface area contributed by atoms with Gasteiger partial charge in [0, 0.05) is 17.7 Å². The van der Waals surface area contributed by atoms with Crippen LogP contribution in [-0.2, 0) is 6.61 Å². The Kier molecular flexibility index (Phi) is 2.94. The molecular formula is C7H5BrFNO3. The second kappa shape index (κ2) is 3.80. The highest BCUT2D eigenvalue weighted by Gasteiger charge is 2.14. The lowest BCUT2D eigenvalue weighted by atomic mass is 10.2. The summed E-state index contributed by atoms with van der Waals surface area (Å²) in [6, 6.07) is 2.05. The van der Waals surface area contributed by atoms with E-state index in [1.165, 1.54) is 0 Å². The summed E-state index contributed by atoms with van der Waals surface area (Å²) in [5, 5.41) is 19.0. The Bertz CT molecular complexity index is 356. The molecule has 0 bridgehead atoms. The van der Waals surface area contributed by atoms with Gasteiger partial charge in [-0.2, -0.15) is 0 Å². The van der Waals surface area contributed by atoms with Gasteiger partial charge in [-0.1, -0.05) is 0 Å². The number of non-ortho nitro benzene ring substituents is 1. The largest absolute Gasteiger partial charge is 0.392 e. The van der Waals surface area contributed by atoms with E-state index in [1.807, 2.05) is 0 Å². The molecule has 4 nitrogen and oxygen atoms in total. The summed E-state index contributed by atoms with van der Waals surface area (Å²) in [6.45, 7) is -0.563. The van der Waals surface area contributed by atoms with Crippen molar-refractivity contribution in [2.45, 2.75) is 6.61 Å². The highest BCUT2D eigenvalue weighted by atomic mass is 79.9. The van der Waals surface area contributed by atoms with E-state index in [4.69, 9.17) is 5.11 Å². The number of nitro groups is 1. The van der Waals surface area contributed by atoms with Crippen molar-refractivity contribution in [1.82, 2.24) is 0 Å². The van der Waals surface area contributed by atoms with Gasteiger partial charge in [-0.05, 0) is 15.9 Å². The Balaban J connectivity index is 3.30. The molecule has 6 heteroatoms. The molecule has 0 aliphatic rings. The topological polar surface area (TPSA) is 63.4 Å². The van der Waals surface area contributed by atoms with E-state index in [-0.39, 0.29) is 15.7 Å². The average molecular weight is 250 g/mol. The molecule has 0 radical (unpaired) electrons. The van der Waals surface area contributed by atoms with Gasteiger partial charge in [0.05, 0.1) is 16.0 Å². The predicted octanol–water partition coefficient (Wildman–Crippen LogP) is 1.99. The number of hydrogen-bond acceptors (Lipinski definition) is 3. The summed E-state index contributed by atoms with van der Waals surface area (Å²) >= 11 is 2.82. The van der Waals surface area contributed by atoms with Crippen molar-refractivity contribution in [2.75, 3.05) is 0 Å². The average Bonchev–Trinajstić information content (AvgIpc) is 2.09. The molecule has 1 rings (SSSR count). The van der Waals surface area contributed by atoms with Gasteiger partial charge < -0.3 is 5.11 Å². The van der Waals surface area contributed by atoms with Crippen LogP contribution in [0.5, 0.6) is 0 Å². The first kappa shape index (κ1) is 10.1. The van der Waals surface area contributed by atoms with Crippen molar-refractivity contribution in [1.29, 1.82) is 0 Å². The van der Waals surface area contributed by atoms with Crippen LogP contribution in [-0.4, -0.2) is 10.0 Å². The van der Waals surface area contributed by atoms with Crippen LogP contribution < -0.4 is 0 Å². The molecule has 13 heavy (non-hydrogen) atoms. The minimum Gasteiger partial charge on any atom is -0.392 e. The van der Waals surface area contributed by atoms with Gasteiger partial charge in [-0.25, -0.2) is 4.39 Å². The van der Waals surface area contributed by atoms with Crippen LogP contribution >= 0.6 is 15.9 Å². The fourth-order valence-electron chi connectivity index (χ4n) is 0.851. The number of nitro benzene ring substituents is 1. The van der Waals surface area contributed by atoms with E-state index in [1.54, 1.807) is 0 Å². The maximum atomic E-state index is 13.0. The summed E-state index contributed by atoms with van der Waals surface area (Å²) in [7, 11) is 0. The summed E-state index contributed by atoms with van der Waals surface area (Å²) < 4.78 is 13.0. The maximum Gasteiger partial charge on any atom is 0.271 e. The standard InChI is InChI=1S/C7H5BrFNO3/c8-6-2-5(10(12)13)1-4(3-11)7(6)9/h1-2,11H,3H2. The number of benzene rings is 1. The number of hydrogen-bond donors (Lipinski definition) is 1. The zero-order valence-electron chi connectivity index (χ0n) is 6.33. The summed E-state index contributed by atoms with van der Waals surface area (Å²) in [5.74, 6) is -0.673. The molecule has 0 saturated carbocycles. The number of rotatable bonds is 2. The van der Waals surface area contributed by atoms with Crippen molar-refractivity contribution >= 4 is 21.6 Å². The Labute approximate surface area is 81.3 Å². The molecule has 0 heterocycles. The molecule has 0 unspecified atom stereocenters. The van der Waals surface area contributed by atoms with Crippen molar-refractivity contribution in [3.05, 3.63) is 38.1 Å². The minimum absolute atomic E-state index is 0.0225. The summed E-state index contributed by atoms with van der Waals surface area (Å²) in [5.41, 5.74) is -0.349. The lowest BCUT2D eigenvalue weighted by Gasteiger charge is -2.00. The third-order valence-electron chi connectivity index (χ3n) is 1.47. The molecule has 0 aromatic heterocycles. The van der Waals surface area contributed by atoms with Gasteiger partial charge >= 0.3 is 0 Å². The summed E-state index contributed by atoms with van der Waals surface area (Å²) in [4.78, 5) is 9.66. The highest BCUT2D eigenvalue weighted by Crippen LogP contribution is 2.25. The lowest BCUT2D eigenvalue weighted by Crippen LogP contribution is -1.95. The van der Waals surface area contributed by atoms with Crippen molar-refractivity contribution < 1.29 is 14.4 Å². The molecule has 0 aliphatic heterocycles. The molecule has 0 atom stereocenters. The number of nitrogens with zero attached hydrogens (tertiary/aromatic N) is 1. The quantitative estimate of drug-likeness (QED) is 0.644. The van der Waals surface area contributed by atoms with Crippen LogP contribution in [0.25, 0.3) is 0 Å². The molecule has 0 saturated heterocycles. The SMILES string of the molecule is O=[N+]([O-])c1cc(Br)c(F)c(CO)c1. The highest BCUT2D eigenvalue weighted by molar-refractivity contribution is 9.10. The zero-order valence-corrected chi connectivity index (χ0v) is 7.91. The molecule has 0 aliphatic carbocycles. The zero-order chi connectivity index (χ0) is 10.0. The normalized spacial score (nSPS) is 10.1. The van der Waals surface area contributed by atoms with E-state index in [9.17, 15) is 14.5 Å². The van der Waals surface area contributed by atoms with E-state index in [0.717, 1.165) is 12.1 Å². The lowest BCUT2D eigenvalue weighted by molar-refractivity contribution is -0.385. The van der Waals surface area contributed by atoms with E-state index < -0.39 is 17.3 Å². The van der Waals surface area contributed by atoms with E-state index in [0.29, 0.717) is 0 Å². The Morgan fingerprint density at radius 3 is 2.69 bits per heavy atom. The molecule has 0 spiro atoms. The van der Waals surface area contributed by atoms with Crippen LogP contribution in [0.3, 0.4) is 0 Å². The number of aliphatic hydroxyl groups excluding tert-OH is 1. The first-order valence-corrected chi connectivity index (χ1v) is 4.08. The Morgan fingerprint density at radius 1 is 1.62 bits per heavy atom. The van der Waals surface area contributed by atoms with E-state index >= 15 is 0 Å². The molecular weight excluding hydrogens is 245 g/mol. The molecule has 1 N–H and O–H groups in total. The Morgan fingerprint density at radius 2 is 2.23 bits per heavy atom. The van der Waals surface area contributed by atoms with Gasteiger partial charge in [0.15, 0.2) is 0 Å². The molecule has 0 fully saturated rings. The number of halogens is 2. The monoisotopic (exact) mass is 249 g/mol. The van der Waals surface area contributed by atoms with Crippen LogP contribution in [0, 0.1) is 15.9 Å². The smallest absolute Gasteiger partial charge is 0.271 e. The van der Waals surface area contributed by atoms with Gasteiger partial charge in [0.25, 0.3) is 5.69 Å². The molecule has 0 amide bonds. The van der Waals surface area contributed by atoms with E-state index in [2.05, 4.69) is 15.9 Å². The van der Waals surface area contributed by atoms with Gasteiger partial charge in [-0.15, -0.1) is 0 Å². The minimum atomic E-state index is -0.673. The second-order valence-corrected chi connectivity index (χ2v) is 3.17. The van der Waals surface area contributed by atoms with Crippen molar-refractivity contribution in [3.63, 3.8) is 0 Å². The maximum absolute atomic E-state index is 13.0. The van der Waals surface area contributed by atoms with Crippen LogP contribution in [0.1, 0.15) is 5.56 Å². The van der Waals surface area contributed by atoms with Crippen LogP contribution in [0.15, 0.2) is 16.6 Å². The van der Waals surface area contributed by atoms with Crippen molar-refractivity contribution in [3.8, 4) is 0 Å². The summed E-state index contributed by atoms with van der Waals surface area (Å²) in [6.07, 6.45) is 0. The fraction of sp³-hybridized carbons (Fsp3) is 0.143. The van der Waals surface area contributed by atoms with Crippen LogP contribution in [0.2, 0.25) is 0 Å². The number of aliphatic hydroxyl groups is 1. The third-order valence-corrected chi connectivity index (χ3v) is 2.05. The predicted molar refractivity (Wildman–Crippen MR) is 46.7 cm³/mol. The molecule has 70 valence electrons. The first-order chi connectivity index (χ1) is 6.06. The van der Waals surface area contributed by atoms with Gasteiger partial charge in [0.2, 0.25) is 0 Å². The first-order valence-electron chi connectivity index (χ1n) is 3.29. The third kappa shape index (κ3) is 2.02. The van der Waals surface area contributed by atoms with Gasteiger partial charge in [-0.3, -0.25) is 10.1 Å². The van der Waals surface area contributed by atoms with Crippen molar-refractivity contribution in [2.24, 2.45) is 0 Å². The van der Waals surface area contributed by atoms with Gasteiger partial charge in [0.1, 0.15) is 5.82 Å². The van der Waals surface area contributed by atoms with Crippen LogP contribution in [0.4, 0.5) is 10.1 Å². The fourth-order valence-corrected chi connectivity index (χ4v) is 1.34. The molecule has 1 aromatic rings. The Hall–Kier alpha value is -1.01. The molecule has 1 aromatic carbocycles. The second-order valence-electron chi connectivity index (χ2n) is 2.32.